The standard InChI is InChI=1S/C20H18N4O3S/c1-13-16(14(2)24(22-13)15-7-4-3-5-8-15)11-19(25)26-12-18-21-20(23-27-18)17-9-6-10-28-17/h3-10H,11-12H2,1-2H3. The first-order valence-electron chi connectivity index (χ1n) is 8.74. The van der Waals surface area contributed by atoms with E-state index in [-0.39, 0.29) is 24.9 Å². The van der Waals surface area contributed by atoms with Crippen molar-refractivity contribution in [3.63, 3.8) is 0 Å². The van der Waals surface area contributed by atoms with E-state index < -0.39 is 0 Å². The van der Waals surface area contributed by atoms with Crippen molar-refractivity contribution in [2.75, 3.05) is 0 Å². The second-order valence-electron chi connectivity index (χ2n) is 6.22. The maximum atomic E-state index is 12.3. The van der Waals surface area contributed by atoms with Gasteiger partial charge in [0.1, 0.15) is 0 Å². The zero-order valence-corrected chi connectivity index (χ0v) is 16.3. The number of benzene rings is 1. The fourth-order valence-electron chi connectivity index (χ4n) is 2.91. The van der Waals surface area contributed by atoms with Crippen LogP contribution in [0.3, 0.4) is 0 Å². The van der Waals surface area contributed by atoms with Gasteiger partial charge in [0.2, 0.25) is 5.82 Å². The average molecular weight is 394 g/mol. The van der Waals surface area contributed by atoms with Gasteiger partial charge in [0, 0.05) is 11.3 Å². The maximum Gasteiger partial charge on any atom is 0.310 e. The number of carbonyl (C=O) groups excluding carboxylic acids is 1. The highest BCUT2D eigenvalue weighted by Gasteiger charge is 2.18. The minimum atomic E-state index is -0.366. The molecule has 3 heterocycles. The van der Waals surface area contributed by atoms with Gasteiger partial charge in [-0.15, -0.1) is 11.3 Å². The Kier molecular flexibility index (Phi) is 5.03. The molecule has 0 saturated carbocycles. The van der Waals surface area contributed by atoms with Crippen LogP contribution in [0.25, 0.3) is 16.4 Å². The summed E-state index contributed by atoms with van der Waals surface area (Å²) >= 11 is 1.52. The average Bonchev–Trinajstić information content (AvgIpc) is 3.44. The van der Waals surface area contributed by atoms with Crippen LogP contribution < -0.4 is 0 Å². The molecule has 0 amide bonds. The molecule has 0 fully saturated rings. The van der Waals surface area contributed by atoms with E-state index in [2.05, 4.69) is 15.2 Å². The molecule has 0 bridgehead atoms. The van der Waals surface area contributed by atoms with Gasteiger partial charge < -0.3 is 9.26 Å². The van der Waals surface area contributed by atoms with Crippen molar-refractivity contribution in [1.82, 2.24) is 19.9 Å². The van der Waals surface area contributed by atoms with Gasteiger partial charge >= 0.3 is 5.97 Å². The first kappa shape index (κ1) is 18.1. The quantitative estimate of drug-likeness (QED) is 0.462. The Morgan fingerprint density at radius 2 is 2.00 bits per heavy atom. The molecule has 4 aromatic rings. The van der Waals surface area contributed by atoms with Crippen LogP contribution in [-0.4, -0.2) is 25.9 Å². The van der Waals surface area contributed by atoms with Gasteiger partial charge in [-0.1, -0.05) is 29.4 Å². The third kappa shape index (κ3) is 3.72. The molecule has 0 radical (unpaired) electrons. The molecule has 142 valence electrons. The van der Waals surface area contributed by atoms with Gasteiger partial charge in [0.15, 0.2) is 6.61 Å². The number of aryl methyl sites for hydroxylation is 1. The smallest absolute Gasteiger partial charge is 0.310 e. The number of aromatic nitrogens is 4. The predicted molar refractivity (Wildman–Crippen MR) is 104 cm³/mol. The second-order valence-corrected chi connectivity index (χ2v) is 7.17. The predicted octanol–water partition coefficient (Wildman–Crippen LogP) is 3.89. The lowest BCUT2D eigenvalue weighted by Gasteiger charge is -2.05. The lowest BCUT2D eigenvalue weighted by Crippen LogP contribution is -2.09. The van der Waals surface area contributed by atoms with Crippen molar-refractivity contribution in [1.29, 1.82) is 0 Å². The molecule has 0 unspecified atom stereocenters. The van der Waals surface area contributed by atoms with Crippen molar-refractivity contribution in [2.45, 2.75) is 26.9 Å². The van der Waals surface area contributed by atoms with Crippen LogP contribution in [0.15, 0.2) is 52.4 Å². The van der Waals surface area contributed by atoms with Gasteiger partial charge in [-0.3, -0.25) is 4.79 Å². The molecule has 0 aliphatic carbocycles. The Hall–Kier alpha value is -3.26. The molecule has 0 N–H and O–H groups in total. The van der Waals surface area contributed by atoms with E-state index in [1.165, 1.54) is 11.3 Å². The summed E-state index contributed by atoms with van der Waals surface area (Å²) in [6.07, 6.45) is 0.135. The van der Waals surface area contributed by atoms with Gasteiger partial charge in [-0.25, -0.2) is 4.68 Å². The second kappa shape index (κ2) is 7.77. The lowest BCUT2D eigenvalue weighted by atomic mass is 10.1. The summed E-state index contributed by atoms with van der Waals surface area (Å²) in [7, 11) is 0. The summed E-state index contributed by atoms with van der Waals surface area (Å²) in [5, 5.41) is 10.4. The molecule has 4 rings (SSSR count). The molecule has 7 nitrogen and oxygen atoms in total. The Balaban J connectivity index is 1.41. The number of hydrogen-bond acceptors (Lipinski definition) is 7. The van der Waals surface area contributed by atoms with E-state index in [1.807, 2.05) is 66.4 Å². The first-order chi connectivity index (χ1) is 13.6. The molecule has 8 heteroatoms. The summed E-state index contributed by atoms with van der Waals surface area (Å²) < 4.78 is 12.3. The third-order valence-corrected chi connectivity index (χ3v) is 5.20. The van der Waals surface area contributed by atoms with Gasteiger partial charge in [0.05, 0.1) is 22.7 Å². The number of ether oxygens (including phenoxy) is 1. The van der Waals surface area contributed by atoms with Crippen LogP contribution in [0.4, 0.5) is 0 Å². The number of hydrogen-bond donors (Lipinski definition) is 0. The van der Waals surface area contributed by atoms with Crippen molar-refractivity contribution >= 4 is 17.3 Å². The highest BCUT2D eigenvalue weighted by atomic mass is 32.1. The van der Waals surface area contributed by atoms with Crippen LogP contribution in [0, 0.1) is 13.8 Å². The van der Waals surface area contributed by atoms with E-state index in [0.717, 1.165) is 27.5 Å². The van der Waals surface area contributed by atoms with E-state index in [1.54, 1.807) is 0 Å². The summed E-state index contributed by atoms with van der Waals surface area (Å²) in [4.78, 5) is 17.5. The van der Waals surface area contributed by atoms with Gasteiger partial charge in [-0.2, -0.15) is 10.1 Å². The van der Waals surface area contributed by atoms with E-state index >= 15 is 0 Å². The maximum absolute atomic E-state index is 12.3. The van der Waals surface area contributed by atoms with Gasteiger partial charge in [-0.05, 0) is 37.4 Å². The van der Waals surface area contributed by atoms with Crippen molar-refractivity contribution in [3.8, 4) is 16.4 Å². The van der Waals surface area contributed by atoms with Crippen LogP contribution >= 0.6 is 11.3 Å². The number of esters is 1. The molecule has 0 spiro atoms. The third-order valence-electron chi connectivity index (χ3n) is 4.33. The van der Waals surface area contributed by atoms with Crippen LogP contribution in [0.1, 0.15) is 22.8 Å². The van der Waals surface area contributed by atoms with Crippen LogP contribution in [-0.2, 0) is 22.6 Å². The van der Waals surface area contributed by atoms with Crippen LogP contribution in [0.2, 0.25) is 0 Å². The van der Waals surface area contributed by atoms with Crippen LogP contribution in [0.5, 0.6) is 0 Å². The number of thiophene rings is 1. The number of nitrogens with zero attached hydrogens (tertiary/aromatic N) is 4. The Morgan fingerprint density at radius 3 is 2.75 bits per heavy atom. The molecular formula is C20H18N4O3S. The number of carbonyl (C=O) groups is 1. The van der Waals surface area contributed by atoms with E-state index in [0.29, 0.717) is 5.82 Å². The summed E-state index contributed by atoms with van der Waals surface area (Å²) in [5.74, 6) is 0.400. The highest BCUT2D eigenvalue weighted by molar-refractivity contribution is 7.13. The highest BCUT2D eigenvalue weighted by Crippen LogP contribution is 2.22. The van der Waals surface area contributed by atoms with E-state index in [4.69, 9.17) is 9.26 Å². The topological polar surface area (TPSA) is 83.0 Å². The van der Waals surface area contributed by atoms with Crippen molar-refractivity contribution in [3.05, 3.63) is 70.7 Å². The van der Waals surface area contributed by atoms with Crippen molar-refractivity contribution in [2.24, 2.45) is 0 Å². The Bertz CT molecular complexity index is 1080. The Labute approximate surface area is 165 Å². The normalized spacial score (nSPS) is 10.9. The molecule has 28 heavy (non-hydrogen) atoms. The molecule has 0 aliphatic rings. The summed E-state index contributed by atoms with van der Waals surface area (Å²) in [5.41, 5.74) is 3.53. The van der Waals surface area contributed by atoms with Crippen molar-refractivity contribution < 1.29 is 14.1 Å². The minimum Gasteiger partial charge on any atom is -0.455 e. The monoisotopic (exact) mass is 394 g/mol. The SMILES string of the molecule is Cc1nn(-c2ccccc2)c(C)c1CC(=O)OCc1nc(-c2cccs2)no1. The summed E-state index contributed by atoms with van der Waals surface area (Å²) in [6, 6.07) is 13.6. The zero-order chi connectivity index (χ0) is 19.5. The lowest BCUT2D eigenvalue weighted by molar-refractivity contribution is -0.144. The zero-order valence-electron chi connectivity index (χ0n) is 15.5. The molecule has 0 atom stereocenters. The van der Waals surface area contributed by atoms with Gasteiger partial charge in [0.25, 0.3) is 5.89 Å². The van der Waals surface area contributed by atoms with E-state index in [9.17, 15) is 4.79 Å². The Morgan fingerprint density at radius 1 is 1.18 bits per heavy atom. The fourth-order valence-corrected chi connectivity index (χ4v) is 3.56. The summed E-state index contributed by atoms with van der Waals surface area (Å²) in [6.45, 7) is 3.78. The molecule has 1 aromatic carbocycles. The molecule has 3 aromatic heterocycles. The number of para-hydroxylation sites is 1. The molecule has 0 saturated heterocycles. The largest absolute Gasteiger partial charge is 0.455 e. The fraction of sp³-hybridized carbons (Fsp3) is 0.200. The number of rotatable bonds is 6. The molecule has 0 aliphatic heterocycles. The minimum absolute atomic E-state index is 0.0534. The molecular weight excluding hydrogens is 376 g/mol. The first-order valence-corrected chi connectivity index (χ1v) is 9.62.